The second kappa shape index (κ2) is 7.98. The Balaban J connectivity index is 1.95. The first-order valence-corrected chi connectivity index (χ1v) is 11.6. The molecule has 0 saturated heterocycles. The number of para-hydroxylation sites is 1. The van der Waals surface area contributed by atoms with Crippen molar-refractivity contribution in [2.24, 2.45) is 7.05 Å². The Bertz CT molecular complexity index is 1600. The fourth-order valence-corrected chi connectivity index (χ4v) is 4.60. The first-order chi connectivity index (χ1) is 15.8. The maximum Gasteiger partial charge on any atom is 0.336 e. The third-order valence-electron chi connectivity index (χ3n) is 5.95. The first-order valence-electron chi connectivity index (χ1n) is 10.5. The highest BCUT2D eigenvalue weighted by Gasteiger charge is 2.31. The van der Waals surface area contributed by atoms with Crippen molar-refractivity contribution in [2.45, 2.75) is 25.8 Å². The molecule has 0 radical (unpaired) electrons. The van der Waals surface area contributed by atoms with Crippen LogP contribution in [0.4, 0.5) is 15.9 Å². The summed E-state index contributed by atoms with van der Waals surface area (Å²) < 4.78 is 19.4. The van der Waals surface area contributed by atoms with E-state index in [1.807, 2.05) is 28.7 Å². The van der Waals surface area contributed by atoms with E-state index in [1.54, 1.807) is 43.3 Å². The number of aromatic nitrogens is 3. The number of nitrogens with one attached hydrogen (secondary N) is 1. The SMILES string of the molecule is Cc1c(=O)n(C)c(Nc2ccc(I)cc2F)c2c(=O)n(C3CC3)c(=O)n(-c3ccccc3)c12. The smallest absolute Gasteiger partial charge is 0.336 e. The van der Waals surface area contributed by atoms with Gasteiger partial charge in [0.05, 0.1) is 16.9 Å². The van der Waals surface area contributed by atoms with Gasteiger partial charge >= 0.3 is 5.69 Å². The van der Waals surface area contributed by atoms with Gasteiger partial charge in [0, 0.05) is 22.2 Å². The summed E-state index contributed by atoms with van der Waals surface area (Å²) in [6.07, 6.45) is 1.46. The van der Waals surface area contributed by atoms with E-state index in [4.69, 9.17) is 0 Å². The molecule has 1 aliphatic rings. The largest absolute Gasteiger partial charge is 0.338 e. The molecule has 168 valence electrons. The molecule has 2 heterocycles. The Hall–Kier alpha value is -3.21. The molecular formula is C24H20FIN4O3. The normalized spacial score (nSPS) is 13.5. The lowest BCUT2D eigenvalue weighted by atomic mass is 10.1. The molecule has 0 unspecified atom stereocenters. The zero-order chi connectivity index (χ0) is 23.4. The molecule has 1 saturated carbocycles. The van der Waals surface area contributed by atoms with Gasteiger partial charge in [0.1, 0.15) is 17.0 Å². The topological polar surface area (TPSA) is 78.0 Å². The van der Waals surface area contributed by atoms with Gasteiger partial charge in [0.15, 0.2) is 0 Å². The fraction of sp³-hybridized carbons (Fsp3) is 0.208. The number of hydrogen-bond donors (Lipinski definition) is 1. The quantitative estimate of drug-likeness (QED) is 0.385. The van der Waals surface area contributed by atoms with Crippen molar-refractivity contribution in [2.75, 3.05) is 5.32 Å². The van der Waals surface area contributed by atoms with Gasteiger partial charge in [-0.15, -0.1) is 0 Å². The highest BCUT2D eigenvalue weighted by atomic mass is 127. The molecule has 0 spiro atoms. The van der Waals surface area contributed by atoms with Gasteiger partial charge in [-0.1, -0.05) is 18.2 Å². The number of pyridine rings is 1. The van der Waals surface area contributed by atoms with Crippen LogP contribution in [0.3, 0.4) is 0 Å². The Morgan fingerprint density at radius 3 is 2.36 bits per heavy atom. The molecule has 0 amide bonds. The van der Waals surface area contributed by atoms with Crippen molar-refractivity contribution in [3.63, 3.8) is 0 Å². The van der Waals surface area contributed by atoms with Gasteiger partial charge in [-0.25, -0.2) is 9.18 Å². The lowest BCUT2D eigenvalue weighted by Gasteiger charge is -2.20. The van der Waals surface area contributed by atoms with E-state index < -0.39 is 17.1 Å². The molecule has 33 heavy (non-hydrogen) atoms. The van der Waals surface area contributed by atoms with Crippen LogP contribution in [0.2, 0.25) is 0 Å². The highest BCUT2D eigenvalue weighted by Crippen LogP contribution is 2.34. The summed E-state index contributed by atoms with van der Waals surface area (Å²) in [5, 5.41) is 3.13. The van der Waals surface area contributed by atoms with Crippen LogP contribution in [-0.2, 0) is 7.05 Å². The average Bonchev–Trinajstić information content (AvgIpc) is 3.62. The molecule has 2 aromatic carbocycles. The lowest BCUT2D eigenvalue weighted by molar-refractivity contribution is 0.630. The number of fused-ring (bicyclic) bond motifs is 1. The van der Waals surface area contributed by atoms with Crippen molar-refractivity contribution in [3.05, 3.63) is 94.7 Å². The monoisotopic (exact) mass is 558 g/mol. The molecule has 0 atom stereocenters. The van der Waals surface area contributed by atoms with Gasteiger partial charge in [-0.2, -0.15) is 0 Å². The van der Waals surface area contributed by atoms with Crippen molar-refractivity contribution in [1.29, 1.82) is 0 Å². The van der Waals surface area contributed by atoms with Crippen LogP contribution in [0.15, 0.2) is 62.9 Å². The molecule has 1 N–H and O–H groups in total. The van der Waals surface area contributed by atoms with E-state index in [0.717, 1.165) is 12.8 Å². The summed E-state index contributed by atoms with van der Waals surface area (Å²) in [6.45, 7) is 1.60. The second-order valence-corrected chi connectivity index (χ2v) is 9.42. The molecule has 9 heteroatoms. The van der Waals surface area contributed by atoms with Gasteiger partial charge in [0.25, 0.3) is 11.1 Å². The highest BCUT2D eigenvalue weighted by molar-refractivity contribution is 14.1. The number of nitrogens with zero attached hydrogens (tertiary/aromatic N) is 3. The van der Waals surface area contributed by atoms with Gasteiger partial charge < -0.3 is 5.32 Å². The maximum absolute atomic E-state index is 14.7. The average molecular weight is 558 g/mol. The van der Waals surface area contributed by atoms with Crippen LogP contribution in [0.1, 0.15) is 24.4 Å². The van der Waals surface area contributed by atoms with Crippen LogP contribution < -0.4 is 22.1 Å². The minimum Gasteiger partial charge on any atom is -0.338 e. The third-order valence-corrected chi connectivity index (χ3v) is 6.62. The number of aryl methyl sites for hydroxylation is 1. The maximum atomic E-state index is 14.7. The molecule has 0 bridgehead atoms. The van der Waals surface area contributed by atoms with E-state index >= 15 is 0 Å². The first kappa shape index (κ1) is 21.6. The Morgan fingerprint density at radius 2 is 1.73 bits per heavy atom. The zero-order valence-electron chi connectivity index (χ0n) is 17.9. The molecule has 4 aromatic rings. The summed E-state index contributed by atoms with van der Waals surface area (Å²) in [6, 6.07) is 13.4. The summed E-state index contributed by atoms with van der Waals surface area (Å²) >= 11 is 2.01. The Morgan fingerprint density at radius 1 is 1.03 bits per heavy atom. The van der Waals surface area contributed by atoms with Crippen LogP contribution in [0, 0.1) is 16.3 Å². The molecule has 0 aliphatic heterocycles. The van der Waals surface area contributed by atoms with Crippen LogP contribution in [0.25, 0.3) is 16.6 Å². The third kappa shape index (κ3) is 3.50. The zero-order valence-corrected chi connectivity index (χ0v) is 20.1. The fourth-order valence-electron chi connectivity index (χ4n) is 4.15. The number of benzene rings is 2. The van der Waals surface area contributed by atoms with Crippen LogP contribution >= 0.6 is 22.6 Å². The second-order valence-electron chi connectivity index (χ2n) is 8.17. The number of anilines is 2. The van der Waals surface area contributed by atoms with E-state index in [9.17, 15) is 18.8 Å². The van der Waals surface area contributed by atoms with Crippen LogP contribution in [0.5, 0.6) is 0 Å². The number of hydrogen-bond acceptors (Lipinski definition) is 4. The molecule has 2 aromatic heterocycles. The van der Waals surface area contributed by atoms with Crippen molar-refractivity contribution in [3.8, 4) is 5.69 Å². The van der Waals surface area contributed by atoms with Gasteiger partial charge in [-0.05, 0) is 72.7 Å². The Kier molecular flexibility index (Phi) is 5.23. The Labute approximate surface area is 201 Å². The summed E-state index contributed by atoms with van der Waals surface area (Å²) in [7, 11) is 1.53. The summed E-state index contributed by atoms with van der Waals surface area (Å²) in [5.41, 5.74) is -0.189. The minimum atomic E-state index is -0.512. The predicted octanol–water partition coefficient (Wildman–Crippen LogP) is 3.98. The molecule has 1 aliphatic carbocycles. The summed E-state index contributed by atoms with van der Waals surface area (Å²) in [4.78, 5) is 40.4. The molecule has 1 fully saturated rings. The molecular weight excluding hydrogens is 538 g/mol. The number of rotatable bonds is 4. The van der Waals surface area contributed by atoms with E-state index in [2.05, 4.69) is 5.32 Å². The minimum absolute atomic E-state index is 0.130. The van der Waals surface area contributed by atoms with E-state index in [1.165, 1.54) is 26.8 Å². The van der Waals surface area contributed by atoms with Crippen molar-refractivity contribution >= 4 is 45.0 Å². The van der Waals surface area contributed by atoms with Gasteiger partial charge in [0.2, 0.25) is 0 Å². The standard InChI is InChI=1S/C24H20FIN4O3/c1-13-20-19(21(28(2)22(13)31)27-18-11-8-14(26)12-17(18)25)23(32)30(16-9-10-16)24(33)29(20)15-6-4-3-5-7-15/h3-8,11-12,16,27H,9-10H2,1-2H3. The van der Waals surface area contributed by atoms with Crippen LogP contribution in [-0.4, -0.2) is 13.7 Å². The van der Waals surface area contributed by atoms with Crippen molar-refractivity contribution in [1.82, 2.24) is 13.7 Å². The van der Waals surface area contributed by atoms with Gasteiger partial charge in [-0.3, -0.25) is 23.3 Å². The lowest BCUT2D eigenvalue weighted by Crippen LogP contribution is -2.41. The predicted molar refractivity (Wildman–Crippen MR) is 134 cm³/mol. The van der Waals surface area contributed by atoms with E-state index in [-0.39, 0.29) is 39.6 Å². The van der Waals surface area contributed by atoms with E-state index in [0.29, 0.717) is 9.26 Å². The summed E-state index contributed by atoms with van der Waals surface area (Å²) in [5.74, 6) is -0.369. The molecule has 5 rings (SSSR count). The molecule has 7 nitrogen and oxygen atoms in total. The van der Waals surface area contributed by atoms with Crippen molar-refractivity contribution < 1.29 is 4.39 Å². The number of halogens is 2.